The van der Waals surface area contributed by atoms with Crippen LogP contribution < -0.4 is 16.0 Å². The Hall–Kier alpha value is -3.72. The van der Waals surface area contributed by atoms with E-state index in [-0.39, 0.29) is 24.1 Å². The van der Waals surface area contributed by atoms with Crippen LogP contribution in [0.4, 0.5) is 11.4 Å². The molecule has 0 heterocycles. The van der Waals surface area contributed by atoms with Crippen LogP contribution in [-0.4, -0.2) is 49.1 Å². The Morgan fingerprint density at radius 2 is 1.22 bits per heavy atom. The predicted octanol–water partition coefficient (Wildman–Crippen LogP) is 2.22. The van der Waals surface area contributed by atoms with Gasteiger partial charge in [-0.05, 0) is 35.4 Å². The van der Waals surface area contributed by atoms with Gasteiger partial charge in [-0.1, -0.05) is 24.3 Å². The molecule has 0 atom stereocenters. The minimum atomic E-state index is -0.864. The lowest BCUT2D eigenvalue weighted by Crippen LogP contribution is -2.28. The number of nitrogens with one attached hydrogen (secondary N) is 3. The highest BCUT2D eigenvalue weighted by Gasteiger charge is 2.03. The van der Waals surface area contributed by atoms with Crippen molar-refractivity contribution in [2.45, 2.75) is 26.7 Å². The van der Waals surface area contributed by atoms with Crippen LogP contribution in [0.15, 0.2) is 48.5 Å². The van der Waals surface area contributed by atoms with Gasteiger partial charge >= 0.3 is 5.97 Å². The number of hydrogen-bond donors (Lipinski definition) is 4. The number of carboxylic acid groups (broad SMARTS) is 1. The zero-order valence-corrected chi connectivity index (χ0v) is 18.4. The predicted molar refractivity (Wildman–Crippen MR) is 121 cm³/mol. The lowest BCUT2D eigenvalue weighted by Gasteiger charge is -2.06. The number of amides is 3. The second-order valence-corrected chi connectivity index (χ2v) is 6.85. The maximum Gasteiger partial charge on any atom is 0.307 e. The second kappa shape index (κ2) is 14.3. The van der Waals surface area contributed by atoms with Gasteiger partial charge in [-0.25, -0.2) is 0 Å². The van der Waals surface area contributed by atoms with Crippen LogP contribution in [-0.2, 0) is 36.8 Å². The largest absolute Gasteiger partial charge is 0.481 e. The van der Waals surface area contributed by atoms with Crippen molar-refractivity contribution in [2.75, 3.05) is 30.9 Å². The monoisotopic (exact) mass is 443 g/mol. The topological polar surface area (TPSA) is 134 Å². The highest BCUT2D eigenvalue weighted by Crippen LogP contribution is 2.10. The Labute approximate surface area is 187 Å². The number of methoxy groups -OCH3 is 1. The number of anilines is 2. The quantitative estimate of drug-likeness (QED) is 0.439. The molecule has 172 valence electrons. The van der Waals surface area contributed by atoms with E-state index in [9.17, 15) is 19.2 Å². The van der Waals surface area contributed by atoms with Gasteiger partial charge in [0.25, 0.3) is 0 Å². The Bertz CT molecular complexity index is 860. The van der Waals surface area contributed by atoms with Crippen molar-refractivity contribution in [3.8, 4) is 0 Å². The summed E-state index contributed by atoms with van der Waals surface area (Å²) in [7, 11) is 1.59. The van der Waals surface area contributed by atoms with E-state index in [1.54, 1.807) is 43.5 Å². The molecule has 0 unspecified atom stereocenters. The molecule has 0 fully saturated rings. The number of carbonyl (C=O) groups excluding carboxylic acids is 3. The minimum absolute atomic E-state index is 0.000349. The summed E-state index contributed by atoms with van der Waals surface area (Å²) in [6.07, 6.45) is 0.324. The molecular weight excluding hydrogens is 414 g/mol. The highest BCUT2D eigenvalue weighted by molar-refractivity contribution is 5.89. The van der Waals surface area contributed by atoms with Crippen molar-refractivity contribution in [1.82, 2.24) is 5.32 Å². The summed E-state index contributed by atoms with van der Waals surface area (Å²) < 4.78 is 4.84. The summed E-state index contributed by atoms with van der Waals surface area (Å²) in [5, 5.41) is 16.5. The summed E-state index contributed by atoms with van der Waals surface area (Å²) in [6.45, 7) is 3.90. The number of carbonyl (C=O) groups is 4. The van der Waals surface area contributed by atoms with Gasteiger partial charge in [0.05, 0.1) is 19.4 Å². The van der Waals surface area contributed by atoms with Crippen molar-refractivity contribution < 1.29 is 29.0 Å². The molecule has 2 aromatic rings. The number of ether oxygens (including phenoxy) is 1. The first-order valence-corrected chi connectivity index (χ1v) is 9.90. The number of benzene rings is 2. The van der Waals surface area contributed by atoms with Crippen LogP contribution >= 0.6 is 0 Å². The van der Waals surface area contributed by atoms with E-state index in [1.165, 1.54) is 13.8 Å². The normalized spacial score (nSPS) is 9.72. The van der Waals surface area contributed by atoms with E-state index in [2.05, 4.69) is 16.0 Å². The molecule has 0 aromatic heterocycles. The molecule has 0 spiro atoms. The molecule has 0 saturated carbocycles. The molecule has 2 rings (SSSR count). The zero-order valence-electron chi connectivity index (χ0n) is 18.4. The van der Waals surface area contributed by atoms with Crippen molar-refractivity contribution in [3.05, 3.63) is 59.7 Å². The third-order valence-electron chi connectivity index (χ3n) is 3.90. The van der Waals surface area contributed by atoms with Crippen LogP contribution in [0.5, 0.6) is 0 Å². The minimum Gasteiger partial charge on any atom is -0.481 e. The van der Waals surface area contributed by atoms with E-state index in [4.69, 9.17) is 9.84 Å². The van der Waals surface area contributed by atoms with Gasteiger partial charge in [-0.15, -0.1) is 0 Å². The molecule has 9 nitrogen and oxygen atoms in total. The van der Waals surface area contributed by atoms with Gasteiger partial charge in [0.2, 0.25) is 17.7 Å². The lowest BCUT2D eigenvalue weighted by atomic mass is 10.1. The third-order valence-corrected chi connectivity index (χ3v) is 3.90. The molecule has 0 aliphatic carbocycles. The van der Waals surface area contributed by atoms with Crippen LogP contribution in [0.3, 0.4) is 0 Å². The van der Waals surface area contributed by atoms with E-state index >= 15 is 0 Å². The Kier molecular flexibility index (Phi) is 11.8. The Balaban J connectivity index is 0.000000330. The number of rotatable bonds is 9. The number of aliphatic carboxylic acids is 1. The van der Waals surface area contributed by atoms with Gasteiger partial charge in [-0.2, -0.15) is 0 Å². The molecule has 0 bridgehead atoms. The molecule has 0 saturated heterocycles. The van der Waals surface area contributed by atoms with Gasteiger partial charge in [0.1, 0.15) is 0 Å². The van der Waals surface area contributed by atoms with E-state index in [0.29, 0.717) is 30.8 Å². The Morgan fingerprint density at radius 1 is 0.781 bits per heavy atom. The van der Waals surface area contributed by atoms with Crippen LogP contribution in [0.1, 0.15) is 25.0 Å². The van der Waals surface area contributed by atoms with Crippen LogP contribution in [0.25, 0.3) is 0 Å². The molecule has 3 amide bonds. The van der Waals surface area contributed by atoms with Gasteiger partial charge in [0, 0.05) is 38.9 Å². The Morgan fingerprint density at radius 3 is 1.59 bits per heavy atom. The van der Waals surface area contributed by atoms with Crippen molar-refractivity contribution in [3.63, 3.8) is 0 Å². The average molecular weight is 444 g/mol. The lowest BCUT2D eigenvalue weighted by molar-refractivity contribution is -0.136. The summed E-state index contributed by atoms with van der Waals surface area (Å²) in [5.74, 6) is -1.16. The van der Waals surface area contributed by atoms with Crippen molar-refractivity contribution >= 4 is 35.1 Å². The first kappa shape index (κ1) is 26.3. The molecule has 0 aliphatic heterocycles. The summed E-state index contributed by atoms with van der Waals surface area (Å²) in [6, 6.07) is 13.9. The first-order chi connectivity index (χ1) is 15.2. The molecule has 32 heavy (non-hydrogen) atoms. The molecule has 9 heteroatoms. The van der Waals surface area contributed by atoms with E-state index < -0.39 is 5.97 Å². The molecule has 2 aromatic carbocycles. The first-order valence-electron chi connectivity index (χ1n) is 9.90. The van der Waals surface area contributed by atoms with Gasteiger partial charge in [0.15, 0.2) is 0 Å². The summed E-state index contributed by atoms with van der Waals surface area (Å²) in [5.41, 5.74) is 3.02. The molecule has 4 N–H and O–H groups in total. The van der Waals surface area contributed by atoms with Crippen LogP contribution in [0.2, 0.25) is 0 Å². The fourth-order valence-electron chi connectivity index (χ4n) is 2.53. The number of carboxylic acids is 1. The maximum absolute atomic E-state index is 11.5. The van der Waals surface area contributed by atoms with Crippen molar-refractivity contribution in [1.29, 1.82) is 0 Å². The molecule has 0 radical (unpaired) electrons. The summed E-state index contributed by atoms with van der Waals surface area (Å²) >= 11 is 0. The van der Waals surface area contributed by atoms with Crippen molar-refractivity contribution in [2.24, 2.45) is 0 Å². The standard InChI is InChI=1S/C13H18N2O3.C10H11NO3/c1-10(16)15-12-5-3-11(4-6-12)9-13(17)14-7-8-18-2;1-7(12)11-9-4-2-8(3-5-9)6-10(13)14/h3-6H,7-9H2,1-2H3,(H,14,17)(H,15,16);2-5H,6H2,1H3,(H,11,12)(H,13,14). The maximum atomic E-state index is 11.5. The smallest absolute Gasteiger partial charge is 0.307 e. The SMILES string of the molecule is CC(=O)Nc1ccc(CC(=O)O)cc1.COCCNC(=O)Cc1ccc(NC(C)=O)cc1. The van der Waals surface area contributed by atoms with E-state index in [0.717, 1.165) is 11.3 Å². The third kappa shape index (κ3) is 12.1. The molecule has 0 aliphatic rings. The number of hydrogen-bond acceptors (Lipinski definition) is 5. The zero-order chi connectivity index (χ0) is 23.9. The second-order valence-electron chi connectivity index (χ2n) is 6.85. The highest BCUT2D eigenvalue weighted by atomic mass is 16.5. The van der Waals surface area contributed by atoms with Gasteiger partial charge in [-0.3, -0.25) is 19.2 Å². The fraction of sp³-hybridized carbons (Fsp3) is 0.304. The molecular formula is C23H29N3O6. The summed E-state index contributed by atoms with van der Waals surface area (Å²) in [4.78, 5) is 43.4. The van der Waals surface area contributed by atoms with E-state index in [1.807, 2.05) is 12.1 Å². The average Bonchev–Trinajstić information content (AvgIpc) is 2.70. The van der Waals surface area contributed by atoms with Crippen LogP contribution in [0, 0.1) is 0 Å². The van der Waals surface area contributed by atoms with Gasteiger partial charge < -0.3 is 25.8 Å². The fourth-order valence-corrected chi connectivity index (χ4v) is 2.53.